The molecule has 3 amide bonds. The predicted molar refractivity (Wildman–Crippen MR) is 137 cm³/mol. The monoisotopic (exact) mass is 523 g/mol. The first-order valence-corrected chi connectivity index (χ1v) is 13.0. The SMILES string of the molecule is COCCOc1cc(OCc2ccc(CN3CCOCC3)cc2)c2c(c1)C(=O)N(C1CCC(=O)NC1=O)C2. The van der Waals surface area contributed by atoms with Crippen LogP contribution < -0.4 is 14.8 Å². The number of hydrogen-bond donors (Lipinski definition) is 1. The van der Waals surface area contributed by atoms with Crippen LogP contribution in [-0.4, -0.2) is 80.2 Å². The molecule has 0 aliphatic carbocycles. The molecule has 2 fully saturated rings. The fourth-order valence-electron chi connectivity index (χ4n) is 4.98. The summed E-state index contributed by atoms with van der Waals surface area (Å²) < 4.78 is 22.5. The van der Waals surface area contributed by atoms with E-state index in [0.717, 1.165) is 38.4 Å². The van der Waals surface area contributed by atoms with Crippen molar-refractivity contribution in [3.63, 3.8) is 0 Å². The van der Waals surface area contributed by atoms with Crippen molar-refractivity contribution >= 4 is 17.7 Å². The summed E-state index contributed by atoms with van der Waals surface area (Å²) in [7, 11) is 1.59. The van der Waals surface area contributed by atoms with Crippen molar-refractivity contribution in [2.75, 3.05) is 46.6 Å². The van der Waals surface area contributed by atoms with Gasteiger partial charge in [0.15, 0.2) is 0 Å². The molecule has 0 bridgehead atoms. The van der Waals surface area contributed by atoms with Crippen LogP contribution in [0, 0.1) is 0 Å². The number of rotatable bonds is 10. The zero-order valence-corrected chi connectivity index (χ0v) is 21.6. The smallest absolute Gasteiger partial charge is 0.255 e. The maximum absolute atomic E-state index is 13.3. The molecule has 3 heterocycles. The lowest BCUT2D eigenvalue weighted by Gasteiger charge is -2.29. The second-order valence-electron chi connectivity index (χ2n) is 9.68. The van der Waals surface area contributed by atoms with Crippen molar-refractivity contribution in [1.82, 2.24) is 15.1 Å². The zero-order chi connectivity index (χ0) is 26.5. The van der Waals surface area contributed by atoms with Crippen molar-refractivity contribution < 1.29 is 33.3 Å². The number of nitrogens with zero attached hydrogens (tertiary/aromatic N) is 2. The van der Waals surface area contributed by atoms with Crippen LogP contribution in [0.15, 0.2) is 36.4 Å². The van der Waals surface area contributed by atoms with Crippen molar-refractivity contribution in [3.05, 3.63) is 58.7 Å². The van der Waals surface area contributed by atoms with E-state index < -0.39 is 11.9 Å². The summed E-state index contributed by atoms with van der Waals surface area (Å²) in [5.41, 5.74) is 3.39. The molecule has 202 valence electrons. The number of imide groups is 1. The van der Waals surface area contributed by atoms with Crippen LogP contribution in [0.2, 0.25) is 0 Å². The van der Waals surface area contributed by atoms with E-state index >= 15 is 0 Å². The lowest BCUT2D eigenvalue weighted by molar-refractivity contribution is -0.136. The van der Waals surface area contributed by atoms with Crippen LogP contribution >= 0.6 is 0 Å². The number of benzene rings is 2. The Hall–Kier alpha value is -3.47. The van der Waals surface area contributed by atoms with Crippen molar-refractivity contribution in [2.45, 2.75) is 38.6 Å². The van der Waals surface area contributed by atoms with Crippen LogP contribution in [0.5, 0.6) is 11.5 Å². The summed E-state index contributed by atoms with van der Waals surface area (Å²) in [4.78, 5) is 41.3. The number of amides is 3. The largest absolute Gasteiger partial charge is 0.491 e. The van der Waals surface area contributed by atoms with Gasteiger partial charge in [0.2, 0.25) is 11.8 Å². The molecule has 2 saturated heterocycles. The highest BCUT2D eigenvalue weighted by atomic mass is 16.5. The van der Waals surface area contributed by atoms with E-state index in [1.54, 1.807) is 19.2 Å². The molecule has 2 aromatic carbocycles. The van der Waals surface area contributed by atoms with Gasteiger partial charge >= 0.3 is 0 Å². The van der Waals surface area contributed by atoms with E-state index in [-0.39, 0.29) is 24.8 Å². The van der Waals surface area contributed by atoms with E-state index in [0.29, 0.717) is 48.9 Å². The molecule has 0 saturated carbocycles. The molecule has 38 heavy (non-hydrogen) atoms. The highest BCUT2D eigenvalue weighted by molar-refractivity contribution is 6.05. The van der Waals surface area contributed by atoms with E-state index in [1.807, 2.05) is 0 Å². The van der Waals surface area contributed by atoms with Crippen molar-refractivity contribution in [3.8, 4) is 11.5 Å². The Balaban J connectivity index is 1.31. The quantitative estimate of drug-likeness (QED) is 0.372. The number of fused-ring (bicyclic) bond motifs is 1. The zero-order valence-electron chi connectivity index (χ0n) is 21.6. The molecule has 5 rings (SSSR count). The molecule has 3 aliphatic heterocycles. The van der Waals surface area contributed by atoms with E-state index in [9.17, 15) is 14.4 Å². The molecule has 3 aliphatic rings. The maximum Gasteiger partial charge on any atom is 0.255 e. The Morgan fingerprint density at radius 2 is 1.76 bits per heavy atom. The second-order valence-corrected chi connectivity index (χ2v) is 9.68. The Morgan fingerprint density at radius 1 is 1.00 bits per heavy atom. The molecule has 2 aromatic rings. The molecule has 1 N–H and O–H groups in total. The highest BCUT2D eigenvalue weighted by Crippen LogP contribution is 2.37. The average Bonchev–Trinajstić information content (AvgIpc) is 3.25. The number of carbonyl (C=O) groups excluding carboxylic acids is 3. The predicted octanol–water partition coefficient (Wildman–Crippen LogP) is 1.88. The van der Waals surface area contributed by atoms with Crippen LogP contribution in [-0.2, 0) is 38.8 Å². The fraction of sp³-hybridized carbons (Fsp3) is 0.464. The topological polar surface area (TPSA) is 107 Å². The van der Waals surface area contributed by atoms with Crippen LogP contribution in [0.1, 0.15) is 39.9 Å². The van der Waals surface area contributed by atoms with Crippen LogP contribution in [0.25, 0.3) is 0 Å². The molecule has 1 unspecified atom stereocenters. The van der Waals surface area contributed by atoms with Gasteiger partial charge in [0.05, 0.1) is 31.9 Å². The molecular weight excluding hydrogens is 490 g/mol. The maximum atomic E-state index is 13.3. The van der Waals surface area contributed by atoms with Gasteiger partial charge in [0.25, 0.3) is 5.91 Å². The standard InChI is InChI=1S/C28H33N3O7/c1-35-12-13-37-21-14-22-23(17-31(28(22)34)24-6-7-26(32)29-27(24)33)25(15-21)38-18-20-4-2-19(3-5-20)16-30-8-10-36-11-9-30/h2-5,14-15,24H,6-13,16-18H2,1H3,(H,29,32,33). The van der Waals surface area contributed by atoms with Crippen LogP contribution in [0.3, 0.4) is 0 Å². The number of piperidine rings is 1. The van der Waals surface area contributed by atoms with Gasteiger partial charge in [0, 0.05) is 44.8 Å². The lowest BCUT2D eigenvalue weighted by Crippen LogP contribution is -2.52. The average molecular weight is 524 g/mol. The number of morpholine rings is 1. The minimum absolute atomic E-state index is 0.201. The Kier molecular flexibility index (Phi) is 8.21. The number of carbonyl (C=O) groups is 3. The van der Waals surface area contributed by atoms with Gasteiger partial charge in [-0.05, 0) is 23.6 Å². The lowest BCUT2D eigenvalue weighted by atomic mass is 10.0. The van der Waals surface area contributed by atoms with Gasteiger partial charge in [0.1, 0.15) is 30.8 Å². The third-order valence-electron chi connectivity index (χ3n) is 7.07. The molecule has 0 spiro atoms. The van der Waals surface area contributed by atoms with Crippen LogP contribution in [0.4, 0.5) is 0 Å². The van der Waals surface area contributed by atoms with Gasteiger partial charge in [-0.1, -0.05) is 24.3 Å². The molecule has 1 atom stereocenters. The van der Waals surface area contributed by atoms with Gasteiger partial charge < -0.3 is 23.8 Å². The van der Waals surface area contributed by atoms with Gasteiger partial charge in [-0.25, -0.2) is 0 Å². The number of nitrogens with one attached hydrogen (secondary N) is 1. The molecular formula is C28H33N3O7. The Morgan fingerprint density at radius 3 is 2.50 bits per heavy atom. The number of hydrogen-bond acceptors (Lipinski definition) is 8. The second kappa shape index (κ2) is 11.9. The number of methoxy groups -OCH3 is 1. The van der Waals surface area contributed by atoms with E-state index in [4.69, 9.17) is 18.9 Å². The summed E-state index contributed by atoms with van der Waals surface area (Å²) in [5, 5.41) is 2.34. The molecule has 10 heteroatoms. The van der Waals surface area contributed by atoms with E-state index in [1.165, 1.54) is 10.5 Å². The summed E-state index contributed by atoms with van der Waals surface area (Å²) in [6.07, 6.45) is 0.501. The summed E-state index contributed by atoms with van der Waals surface area (Å²) in [6, 6.07) is 11.1. The fourth-order valence-corrected chi connectivity index (χ4v) is 4.98. The first kappa shape index (κ1) is 26.1. The van der Waals surface area contributed by atoms with E-state index in [2.05, 4.69) is 34.5 Å². The first-order valence-electron chi connectivity index (χ1n) is 13.0. The minimum atomic E-state index is -0.697. The summed E-state index contributed by atoms with van der Waals surface area (Å²) in [5.74, 6) is -0.00238. The number of ether oxygens (including phenoxy) is 4. The molecule has 0 radical (unpaired) electrons. The minimum Gasteiger partial charge on any atom is -0.491 e. The van der Waals surface area contributed by atoms with Gasteiger partial charge in [-0.2, -0.15) is 0 Å². The third-order valence-corrected chi connectivity index (χ3v) is 7.07. The summed E-state index contributed by atoms with van der Waals surface area (Å²) in [6.45, 7) is 5.58. The third kappa shape index (κ3) is 5.98. The normalized spacial score (nSPS) is 19.9. The molecule has 10 nitrogen and oxygen atoms in total. The van der Waals surface area contributed by atoms with Crippen molar-refractivity contribution in [1.29, 1.82) is 0 Å². The van der Waals surface area contributed by atoms with Gasteiger partial charge in [-0.3, -0.25) is 24.6 Å². The van der Waals surface area contributed by atoms with Crippen molar-refractivity contribution in [2.24, 2.45) is 0 Å². The first-order chi connectivity index (χ1) is 18.5. The van der Waals surface area contributed by atoms with Gasteiger partial charge in [-0.15, -0.1) is 0 Å². The highest BCUT2D eigenvalue weighted by Gasteiger charge is 2.40. The molecule has 0 aromatic heterocycles. The summed E-state index contributed by atoms with van der Waals surface area (Å²) >= 11 is 0. The Bertz CT molecular complexity index is 1180. The Labute approximate surface area is 221 Å².